The van der Waals surface area contributed by atoms with Crippen LogP contribution in [0, 0.1) is 12.8 Å². The van der Waals surface area contributed by atoms with Gasteiger partial charge in [0.1, 0.15) is 0 Å². The first-order chi connectivity index (χ1) is 11.5. The molecule has 0 bridgehead atoms. The molecule has 0 radical (unpaired) electrons. The number of carbonyl (C=O) groups excluding carboxylic acids is 2. The third kappa shape index (κ3) is 5.00. The molecule has 1 fully saturated rings. The average Bonchev–Trinajstić information content (AvgIpc) is 2.60. The number of carbonyl (C=O) groups is 2. The van der Waals surface area contributed by atoms with Crippen molar-refractivity contribution in [1.29, 1.82) is 0 Å². The van der Waals surface area contributed by atoms with E-state index in [0.29, 0.717) is 32.5 Å². The van der Waals surface area contributed by atoms with Crippen LogP contribution in [0.1, 0.15) is 37.8 Å². The fourth-order valence-electron chi connectivity index (χ4n) is 2.91. The van der Waals surface area contributed by atoms with Crippen LogP contribution in [0.4, 0.5) is 0 Å². The average molecular weight is 349 g/mol. The van der Waals surface area contributed by atoms with Crippen molar-refractivity contribution < 1.29 is 14.3 Å². The van der Waals surface area contributed by atoms with E-state index in [1.54, 1.807) is 11.8 Å². The third-order valence-corrected chi connectivity index (χ3v) is 5.70. The number of thioether (sulfide) groups is 1. The number of benzene rings is 1. The third-order valence-electron chi connectivity index (χ3n) is 4.52. The molecular formula is C19H27NO3S. The summed E-state index contributed by atoms with van der Waals surface area (Å²) in [6, 6.07) is 8.29. The van der Waals surface area contributed by atoms with Gasteiger partial charge in [0.25, 0.3) is 0 Å². The lowest BCUT2D eigenvalue weighted by molar-refractivity contribution is -0.151. The Labute approximate surface area is 148 Å². The fraction of sp³-hybridized carbons (Fsp3) is 0.579. The second kappa shape index (κ2) is 9.11. The molecule has 1 amide bonds. The van der Waals surface area contributed by atoms with Crippen molar-refractivity contribution in [2.24, 2.45) is 5.92 Å². The van der Waals surface area contributed by atoms with E-state index < -0.39 is 0 Å². The molecule has 0 saturated carbocycles. The molecule has 0 aliphatic carbocycles. The normalized spacial score (nSPS) is 16.7. The van der Waals surface area contributed by atoms with Crippen LogP contribution in [0.15, 0.2) is 24.3 Å². The summed E-state index contributed by atoms with van der Waals surface area (Å²) in [6.07, 6.45) is 1.42. The molecule has 1 aliphatic heterocycles. The summed E-state index contributed by atoms with van der Waals surface area (Å²) in [4.78, 5) is 26.3. The van der Waals surface area contributed by atoms with Crippen molar-refractivity contribution in [3.05, 3.63) is 35.4 Å². The van der Waals surface area contributed by atoms with Gasteiger partial charge in [0, 0.05) is 18.8 Å². The van der Waals surface area contributed by atoms with E-state index in [2.05, 4.69) is 19.1 Å². The van der Waals surface area contributed by atoms with Crippen molar-refractivity contribution >= 4 is 23.6 Å². The van der Waals surface area contributed by atoms with Crippen LogP contribution in [-0.4, -0.2) is 41.7 Å². The molecule has 132 valence electrons. The first kappa shape index (κ1) is 18.8. The highest BCUT2D eigenvalue weighted by Gasteiger charge is 2.30. The van der Waals surface area contributed by atoms with Crippen molar-refractivity contribution in [3.8, 4) is 0 Å². The van der Waals surface area contributed by atoms with Gasteiger partial charge in [-0.05, 0) is 44.7 Å². The van der Waals surface area contributed by atoms with Gasteiger partial charge >= 0.3 is 5.97 Å². The number of rotatable bonds is 6. The first-order valence-electron chi connectivity index (χ1n) is 8.64. The number of esters is 1. The Kier molecular flexibility index (Phi) is 7.16. The number of nitrogens with zero attached hydrogens (tertiary/aromatic N) is 1. The lowest BCUT2D eigenvalue weighted by Gasteiger charge is -2.32. The minimum atomic E-state index is -0.119. The molecule has 1 saturated heterocycles. The summed E-state index contributed by atoms with van der Waals surface area (Å²) < 4.78 is 5.08. The molecule has 1 aromatic rings. The topological polar surface area (TPSA) is 46.6 Å². The second-order valence-corrected chi connectivity index (χ2v) is 7.56. The van der Waals surface area contributed by atoms with E-state index in [4.69, 9.17) is 4.74 Å². The molecule has 1 atom stereocenters. The minimum Gasteiger partial charge on any atom is -0.466 e. The highest BCUT2D eigenvalue weighted by molar-refractivity contribution is 7.99. The van der Waals surface area contributed by atoms with Crippen LogP contribution >= 0.6 is 11.8 Å². The van der Waals surface area contributed by atoms with Crippen molar-refractivity contribution in [2.75, 3.05) is 19.7 Å². The van der Waals surface area contributed by atoms with Crippen LogP contribution in [0.25, 0.3) is 0 Å². The number of ether oxygens (including phenoxy) is 1. The van der Waals surface area contributed by atoms with Gasteiger partial charge in [-0.2, -0.15) is 0 Å². The number of amides is 1. The number of hydrogen-bond acceptors (Lipinski definition) is 4. The first-order valence-corrected chi connectivity index (χ1v) is 9.69. The Bertz CT molecular complexity index is 567. The van der Waals surface area contributed by atoms with Crippen LogP contribution in [-0.2, 0) is 20.1 Å². The lowest BCUT2D eigenvalue weighted by Crippen LogP contribution is -2.43. The number of piperidine rings is 1. The SMILES string of the molecule is CCOC(=O)C1CCN(C(=O)C(C)SCc2ccccc2C)CC1. The van der Waals surface area contributed by atoms with E-state index in [1.165, 1.54) is 11.1 Å². The van der Waals surface area contributed by atoms with Crippen molar-refractivity contribution in [1.82, 2.24) is 4.90 Å². The lowest BCUT2D eigenvalue weighted by atomic mass is 9.97. The zero-order chi connectivity index (χ0) is 17.5. The molecule has 4 nitrogen and oxygen atoms in total. The number of likely N-dealkylation sites (tertiary alicyclic amines) is 1. The fourth-order valence-corrected chi connectivity index (χ4v) is 3.96. The zero-order valence-electron chi connectivity index (χ0n) is 14.8. The molecule has 1 aromatic carbocycles. The van der Waals surface area contributed by atoms with Crippen LogP contribution < -0.4 is 0 Å². The molecule has 0 aromatic heterocycles. The largest absolute Gasteiger partial charge is 0.466 e. The summed E-state index contributed by atoms with van der Waals surface area (Å²) >= 11 is 1.68. The van der Waals surface area contributed by atoms with Gasteiger partial charge in [-0.3, -0.25) is 9.59 Å². The molecule has 2 rings (SSSR count). The zero-order valence-corrected chi connectivity index (χ0v) is 15.6. The van der Waals surface area contributed by atoms with Gasteiger partial charge in [0.15, 0.2) is 0 Å². The maximum absolute atomic E-state index is 12.6. The van der Waals surface area contributed by atoms with Gasteiger partial charge in [-0.15, -0.1) is 11.8 Å². The van der Waals surface area contributed by atoms with Gasteiger partial charge in [-0.1, -0.05) is 24.3 Å². The highest BCUT2D eigenvalue weighted by atomic mass is 32.2. The van der Waals surface area contributed by atoms with Crippen LogP contribution in [0.5, 0.6) is 0 Å². The summed E-state index contributed by atoms with van der Waals surface area (Å²) in [7, 11) is 0. The van der Waals surface area contributed by atoms with Gasteiger partial charge < -0.3 is 9.64 Å². The van der Waals surface area contributed by atoms with Crippen molar-refractivity contribution in [2.45, 2.75) is 44.6 Å². The molecule has 5 heteroatoms. The molecule has 1 heterocycles. The van der Waals surface area contributed by atoms with E-state index in [-0.39, 0.29) is 23.0 Å². The van der Waals surface area contributed by atoms with E-state index in [9.17, 15) is 9.59 Å². The van der Waals surface area contributed by atoms with Gasteiger partial charge in [0.2, 0.25) is 5.91 Å². The number of aryl methyl sites for hydroxylation is 1. The Balaban J connectivity index is 1.80. The summed E-state index contributed by atoms with van der Waals surface area (Å²) in [5.41, 5.74) is 2.54. The van der Waals surface area contributed by atoms with Gasteiger partial charge in [-0.25, -0.2) is 0 Å². The van der Waals surface area contributed by atoms with Gasteiger partial charge in [0.05, 0.1) is 17.8 Å². The highest BCUT2D eigenvalue weighted by Crippen LogP contribution is 2.24. The Morgan fingerprint density at radius 1 is 1.29 bits per heavy atom. The Hall–Kier alpha value is -1.49. The van der Waals surface area contributed by atoms with E-state index in [0.717, 1.165) is 5.75 Å². The standard InChI is InChI=1S/C19H27NO3S/c1-4-23-19(22)16-9-11-20(12-10-16)18(21)15(3)24-13-17-8-6-5-7-14(17)2/h5-8,15-16H,4,9-13H2,1-3H3. The summed E-state index contributed by atoms with van der Waals surface area (Å²) in [5.74, 6) is 0.852. The monoisotopic (exact) mass is 349 g/mol. The summed E-state index contributed by atoms with van der Waals surface area (Å²) in [5, 5.41) is -0.0660. The maximum Gasteiger partial charge on any atom is 0.309 e. The smallest absolute Gasteiger partial charge is 0.309 e. The van der Waals surface area contributed by atoms with Crippen molar-refractivity contribution in [3.63, 3.8) is 0 Å². The predicted molar refractivity (Wildman–Crippen MR) is 97.9 cm³/mol. The molecule has 1 aliphatic rings. The molecule has 0 spiro atoms. The Morgan fingerprint density at radius 3 is 2.58 bits per heavy atom. The van der Waals surface area contributed by atoms with Crippen LogP contribution in [0.3, 0.4) is 0 Å². The number of hydrogen-bond donors (Lipinski definition) is 0. The molecule has 1 unspecified atom stereocenters. The maximum atomic E-state index is 12.6. The quantitative estimate of drug-likeness (QED) is 0.738. The second-order valence-electron chi connectivity index (χ2n) is 6.23. The van der Waals surface area contributed by atoms with E-state index in [1.807, 2.05) is 30.9 Å². The predicted octanol–water partition coefficient (Wildman–Crippen LogP) is 3.42. The van der Waals surface area contributed by atoms with E-state index >= 15 is 0 Å². The summed E-state index contributed by atoms with van der Waals surface area (Å²) in [6.45, 7) is 7.62. The molecule has 24 heavy (non-hydrogen) atoms. The molecule has 0 N–H and O–H groups in total. The van der Waals surface area contributed by atoms with Crippen LogP contribution in [0.2, 0.25) is 0 Å². The molecular weight excluding hydrogens is 322 g/mol. The Morgan fingerprint density at radius 2 is 1.96 bits per heavy atom. The minimum absolute atomic E-state index is 0.0519.